The van der Waals surface area contributed by atoms with Gasteiger partial charge >= 0.3 is 0 Å². The molecule has 5 nitrogen and oxygen atoms in total. The molecule has 0 bridgehead atoms. The predicted molar refractivity (Wildman–Crippen MR) is 67.2 cm³/mol. The number of ether oxygens (including phenoxy) is 1. The number of aromatic nitrogens is 2. The van der Waals surface area contributed by atoms with E-state index in [0.29, 0.717) is 11.7 Å². The Morgan fingerprint density at radius 3 is 3.11 bits per heavy atom. The van der Waals surface area contributed by atoms with Crippen molar-refractivity contribution in [3.05, 3.63) is 34.1 Å². The van der Waals surface area contributed by atoms with Gasteiger partial charge in [0.2, 0.25) is 11.7 Å². The Kier molecular flexibility index (Phi) is 2.93. The maximum Gasteiger partial charge on any atom is 0.249 e. The second-order valence-corrected chi connectivity index (χ2v) is 5.61. The van der Waals surface area contributed by atoms with Crippen molar-refractivity contribution in [1.82, 2.24) is 10.1 Å². The summed E-state index contributed by atoms with van der Waals surface area (Å²) in [6.45, 7) is 2.74. The molecule has 0 aliphatic carbocycles. The molecule has 1 aliphatic heterocycles. The molecule has 2 aromatic rings. The van der Waals surface area contributed by atoms with Gasteiger partial charge in [0.15, 0.2) is 0 Å². The molecule has 18 heavy (non-hydrogen) atoms. The molecule has 0 aromatic carbocycles. The Labute approximate surface area is 109 Å². The van der Waals surface area contributed by atoms with E-state index in [1.54, 1.807) is 11.3 Å². The molecule has 2 N–H and O–H groups in total. The molecule has 2 unspecified atom stereocenters. The fraction of sp³-hybridized carbons (Fsp3) is 0.500. The van der Waals surface area contributed by atoms with Gasteiger partial charge in [0.1, 0.15) is 11.6 Å². The van der Waals surface area contributed by atoms with Crippen LogP contribution >= 0.6 is 11.3 Å². The summed E-state index contributed by atoms with van der Waals surface area (Å²) in [6, 6.07) is 3.57. The molecular formula is C12H15N3O2S. The summed E-state index contributed by atoms with van der Waals surface area (Å²) in [5.41, 5.74) is 5.67. The molecular weight excluding hydrogens is 250 g/mol. The predicted octanol–water partition coefficient (Wildman–Crippen LogP) is 2.20. The van der Waals surface area contributed by atoms with Crippen LogP contribution in [0, 0.1) is 0 Å². The fourth-order valence-electron chi connectivity index (χ4n) is 2.12. The van der Waals surface area contributed by atoms with E-state index in [1.165, 1.54) is 0 Å². The lowest BCUT2D eigenvalue weighted by atomic mass is 10.0. The zero-order valence-corrected chi connectivity index (χ0v) is 10.9. The van der Waals surface area contributed by atoms with Crippen LogP contribution in [0.2, 0.25) is 0 Å². The molecule has 96 valence electrons. The summed E-state index contributed by atoms with van der Waals surface area (Å²) in [6.07, 6.45) is 1.94. The highest BCUT2D eigenvalue weighted by molar-refractivity contribution is 7.10. The highest BCUT2D eigenvalue weighted by Gasteiger charge is 2.37. The molecule has 2 aromatic heterocycles. The van der Waals surface area contributed by atoms with Crippen LogP contribution in [0.3, 0.4) is 0 Å². The molecule has 0 amide bonds. The summed E-state index contributed by atoms with van der Waals surface area (Å²) in [7, 11) is 0. The minimum absolute atomic E-state index is 0.351. The van der Waals surface area contributed by atoms with E-state index in [9.17, 15) is 0 Å². The van der Waals surface area contributed by atoms with Crippen molar-refractivity contribution in [1.29, 1.82) is 0 Å². The lowest BCUT2D eigenvalue weighted by Crippen LogP contribution is -2.22. The first-order valence-electron chi connectivity index (χ1n) is 5.96. The molecule has 1 aliphatic rings. The summed E-state index contributed by atoms with van der Waals surface area (Å²) >= 11 is 1.58. The highest BCUT2D eigenvalue weighted by atomic mass is 32.1. The number of nitrogens with two attached hydrogens (primary N) is 1. The second kappa shape index (κ2) is 4.46. The zero-order valence-electron chi connectivity index (χ0n) is 10.1. The van der Waals surface area contributed by atoms with Crippen molar-refractivity contribution in [2.75, 3.05) is 6.61 Å². The third-order valence-corrected chi connectivity index (χ3v) is 4.20. The first-order valence-corrected chi connectivity index (χ1v) is 6.84. The van der Waals surface area contributed by atoms with E-state index < -0.39 is 5.60 Å². The smallest absolute Gasteiger partial charge is 0.249 e. The fourth-order valence-corrected chi connectivity index (χ4v) is 2.84. The maximum absolute atomic E-state index is 6.09. The van der Waals surface area contributed by atoms with Gasteiger partial charge in [-0.25, -0.2) is 0 Å². The lowest BCUT2D eigenvalue weighted by molar-refractivity contribution is 0.00768. The van der Waals surface area contributed by atoms with Gasteiger partial charge in [0, 0.05) is 11.5 Å². The quantitative estimate of drug-likeness (QED) is 0.921. The molecule has 1 saturated heterocycles. The number of rotatable bonds is 3. The zero-order chi connectivity index (χ0) is 12.6. The normalized spacial score (nSPS) is 25.4. The van der Waals surface area contributed by atoms with Gasteiger partial charge in [-0.15, -0.1) is 11.3 Å². The van der Waals surface area contributed by atoms with Gasteiger partial charge in [0.25, 0.3) is 0 Å². The Hall–Kier alpha value is -1.24. The maximum atomic E-state index is 6.09. The van der Waals surface area contributed by atoms with Crippen LogP contribution in [-0.2, 0) is 10.3 Å². The Bertz CT molecular complexity index is 517. The average molecular weight is 265 g/mol. The van der Waals surface area contributed by atoms with E-state index >= 15 is 0 Å². The SMILES string of the molecule is CC1(c2noc(C(N)c3cccs3)n2)CCCO1. The average Bonchev–Trinajstić information content (AvgIpc) is 3.10. The third-order valence-electron chi connectivity index (χ3n) is 3.25. The monoisotopic (exact) mass is 265 g/mol. The molecule has 6 heteroatoms. The molecule has 3 rings (SSSR count). The van der Waals surface area contributed by atoms with Crippen molar-refractivity contribution < 1.29 is 9.26 Å². The number of hydrogen-bond acceptors (Lipinski definition) is 6. The van der Waals surface area contributed by atoms with Crippen molar-refractivity contribution >= 4 is 11.3 Å². The third kappa shape index (κ3) is 1.96. The molecule has 0 radical (unpaired) electrons. The van der Waals surface area contributed by atoms with Crippen LogP contribution in [0.1, 0.15) is 42.4 Å². The van der Waals surface area contributed by atoms with Crippen LogP contribution in [0.5, 0.6) is 0 Å². The van der Waals surface area contributed by atoms with E-state index in [0.717, 1.165) is 24.3 Å². The molecule has 2 atom stereocenters. The van der Waals surface area contributed by atoms with Gasteiger partial charge in [-0.3, -0.25) is 0 Å². The van der Waals surface area contributed by atoms with Gasteiger partial charge < -0.3 is 15.0 Å². The number of nitrogens with zero attached hydrogens (tertiary/aromatic N) is 2. The van der Waals surface area contributed by atoms with E-state index in [-0.39, 0.29) is 6.04 Å². The first-order chi connectivity index (χ1) is 8.69. The Morgan fingerprint density at radius 2 is 2.44 bits per heavy atom. The van der Waals surface area contributed by atoms with E-state index in [4.69, 9.17) is 15.0 Å². The lowest BCUT2D eigenvalue weighted by Gasteiger charge is -2.17. The Morgan fingerprint density at radius 1 is 1.56 bits per heavy atom. The van der Waals surface area contributed by atoms with Gasteiger partial charge in [0.05, 0.1) is 0 Å². The Balaban J connectivity index is 1.85. The van der Waals surface area contributed by atoms with Crippen LogP contribution in [0.15, 0.2) is 22.0 Å². The van der Waals surface area contributed by atoms with Crippen LogP contribution in [0.25, 0.3) is 0 Å². The van der Waals surface area contributed by atoms with Crippen molar-refractivity contribution in [3.63, 3.8) is 0 Å². The van der Waals surface area contributed by atoms with Crippen LogP contribution < -0.4 is 5.73 Å². The summed E-state index contributed by atoms with van der Waals surface area (Å²) in [4.78, 5) is 5.42. The molecule has 1 fully saturated rings. The van der Waals surface area contributed by atoms with Crippen molar-refractivity contribution in [3.8, 4) is 0 Å². The summed E-state index contributed by atoms with van der Waals surface area (Å²) < 4.78 is 11.0. The largest absolute Gasteiger partial charge is 0.367 e. The van der Waals surface area contributed by atoms with Crippen molar-refractivity contribution in [2.45, 2.75) is 31.4 Å². The topological polar surface area (TPSA) is 74.2 Å². The summed E-state index contributed by atoms with van der Waals surface area (Å²) in [5.74, 6) is 1.05. The highest BCUT2D eigenvalue weighted by Crippen LogP contribution is 2.34. The van der Waals surface area contributed by atoms with Crippen molar-refractivity contribution in [2.24, 2.45) is 5.73 Å². The van der Waals surface area contributed by atoms with E-state index in [1.807, 2.05) is 24.4 Å². The van der Waals surface area contributed by atoms with Gasteiger partial charge in [-0.1, -0.05) is 11.2 Å². The number of hydrogen-bond donors (Lipinski definition) is 1. The van der Waals surface area contributed by atoms with Crippen LogP contribution in [0.4, 0.5) is 0 Å². The minimum atomic E-state index is -0.420. The minimum Gasteiger partial charge on any atom is -0.367 e. The van der Waals surface area contributed by atoms with Crippen LogP contribution in [-0.4, -0.2) is 16.7 Å². The molecule has 3 heterocycles. The van der Waals surface area contributed by atoms with Gasteiger partial charge in [-0.05, 0) is 31.2 Å². The second-order valence-electron chi connectivity index (χ2n) is 4.63. The van der Waals surface area contributed by atoms with Gasteiger partial charge in [-0.2, -0.15) is 4.98 Å². The molecule has 0 saturated carbocycles. The summed E-state index contributed by atoms with van der Waals surface area (Å²) in [5, 5.41) is 5.99. The first kappa shape index (κ1) is 11.8. The molecule has 0 spiro atoms. The van der Waals surface area contributed by atoms with E-state index in [2.05, 4.69) is 10.1 Å². The number of thiophene rings is 1. The standard InChI is InChI=1S/C12H15N3O2S/c1-12(5-3-6-16-12)11-14-10(17-15-11)9(13)8-4-2-7-18-8/h2,4,7,9H,3,5-6,13H2,1H3.